The van der Waals surface area contributed by atoms with Crippen molar-refractivity contribution < 1.29 is 27.8 Å². The molecule has 0 aliphatic carbocycles. The molecule has 0 bridgehead atoms. The van der Waals surface area contributed by atoms with Crippen LogP contribution >= 0.6 is 15.9 Å². The van der Waals surface area contributed by atoms with Gasteiger partial charge in [-0.3, -0.25) is 4.79 Å². The quantitative estimate of drug-likeness (QED) is 0.292. The fourth-order valence-electron chi connectivity index (χ4n) is 5.05. The molecule has 8 nitrogen and oxygen atoms in total. The molecule has 1 heterocycles. The molecule has 10 heteroatoms. The van der Waals surface area contributed by atoms with Gasteiger partial charge in [0.2, 0.25) is 0 Å². The predicted molar refractivity (Wildman–Crippen MR) is 154 cm³/mol. The summed E-state index contributed by atoms with van der Waals surface area (Å²) in [7, 11) is -0.590. The van der Waals surface area contributed by atoms with Crippen LogP contribution in [0.1, 0.15) is 18.4 Å². The van der Waals surface area contributed by atoms with Crippen molar-refractivity contribution in [3.05, 3.63) is 76.8 Å². The number of rotatable bonds is 11. The number of carboxylic acids is 1. The maximum Gasteiger partial charge on any atom is 0.321 e. The van der Waals surface area contributed by atoms with E-state index in [1.165, 1.54) is 0 Å². The van der Waals surface area contributed by atoms with E-state index in [4.69, 9.17) is 9.47 Å². The fraction of sp³-hybridized carbons (Fsp3) is 0.345. The largest absolute Gasteiger partial charge is 0.496 e. The summed E-state index contributed by atoms with van der Waals surface area (Å²) >= 11 is 3.38. The van der Waals surface area contributed by atoms with Gasteiger partial charge in [0.25, 0.3) is 0 Å². The number of ether oxygens (including phenoxy) is 2. The maximum absolute atomic E-state index is 13.9. The molecule has 1 unspecified atom stereocenters. The van der Waals surface area contributed by atoms with Crippen LogP contribution in [0.25, 0.3) is 11.1 Å². The molecular formula is C29H33BrN2O6S. The number of hydrogen-bond acceptors (Lipinski definition) is 7. The van der Waals surface area contributed by atoms with E-state index in [0.717, 1.165) is 23.2 Å². The van der Waals surface area contributed by atoms with Gasteiger partial charge in [0.1, 0.15) is 22.3 Å². The van der Waals surface area contributed by atoms with Crippen molar-refractivity contribution in [1.82, 2.24) is 10.6 Å². The van der Waals surface area contributed by atoms with Crippen molar-refractivity contribution in [1.29, 1.82) is 0 Å². The Morgan fingerprint density at radius 2 is 1.72 bits per heavy atom. The molecule has 0 amide bonds. The highest BCUT2D eigenvalue weighted by atomic mass is 79.9. The van der Waals surface area contributed by atoms with Gasteiger partial charge < -0.3 is 25.2 Å². The van der Waals surface area contributed by atoms with E-state index in [2.05, 4.69) is 26.6 Å². The van der Waals surface area contributed by atoms with Crippen molar-refractivity contribution in [2.24, 2.45) is 0 Å². The second-order valence-electron chi connectivity index (χ2n) is 9.61. The molecule has 4 rings (SSSR count). The van der Waals surface area contributed by atoms with E-state index in [1.807, 2.05) is 42.5 Å². The monoisotopic (exact) mass is 616 g/mol. The van der Waals surface area contributed by atoms with Crippen molar-refractivity contribution >= 4 is 31.7 Å². The molecule has 3 aromatic rings. The third kappa shape index (κ3) is 6.14. The number of halogens is 1. The van der Waals surface area contributed by atoms with Crippen LogP contribution in [0.3, 0.4) is 0 Å². The summed E-state index contributed by atoms with van der Waals surface area (Å²) in [5, 5.41) is 16.3. The summed E-state index contributed by atoms with van der Waals surface area (Å²) in [6, 6.07) is 18.9. The molecule has 1 aliphatic heterocycles. The third-order valence-electron chi connectivity index (χ3n) is 7.21. The topological polar surface area (TPSA) is 114 Å². The standard InChI is InChI=1S/C29H33BrN2O6S/c1-37-24-8-5-9-25(38-2)27(24)21-13-11-20(12-14-21)17-23(28(33)34)32-19-29(15-6-16-31-18-29)39(35,36)26-10-4-3-7-22(26)30/h3-5,7-14,23,31-32H,6,15-19H2,1-2H3,(H,33,34)/t23-,29?/m0/s1. The second-order valence-corrected chi connectivity index (χ2v) is 12.8. The molecule has 39 heavy (non-hydrogen) atoms. The smallest absolute Gasteiger partial charge is 0.321 e. The third-order valence-corrected chi connectivity index (χ3v) is 10.7. The number of carbonyl (C=O) groups is 1. The normalized spacial score (nSPS) is 18.3. The van der Waals surface area contributed by atoms with E-state index >= 15 is 0 Å². The molecule has 2 atom stereocenters. The van der Waals surface area contributed by atoms with Gasteiger partial charge in [0, 0.05) is 17.6 Å². The number of aliphatic carboxylic acids is 1. The summed E-state index contributed by atoms with van der Waals surface area (Å²) in [5.41, 5.74) is 2.49. The van der Waals surface area contributed by atoms with E-state index in [0.29, 0.717) is 28.8 Å². The van der Waals surface area contributed by atoms with E-state index in [-0.39, 0.29) is 24.4 Å². The molecular weight excluding hydrogens is 584 g/mol. The summed E-state index contributed by atoms with van der Waals surface area (Å²) < 4.78 is 38.1. The number of methoxy groups -OCH3 is 2. The van der Waals surface area contributed by atoms with Gasteiger partial charge in [-0.15, -0.1) is 0 Å². The first-order valence-corrected chi connectivity index (χ1v) is 15.0. The number of piperidine rings is 1. The Bertz CT molecular complexity index is 1380. The zero-order valence-corrected chi connectivity index (χ0v) is 24.3. The lowest BCUT2D eigenvalue weighted by Gasteiger charge is -2.38. The van der Waals surface area contributed by atoms with Crippen LogP contribution in [0.2, 0.25) is 0 Å². The minimum atomic E-state index is -3.79. The highest BCUT2D eigenvalue weighted by Crippen LogP contribution is 2.38. The van der Waals surface area contributed by atoms with Gasteiger partial charge in [-0.1, -0.05) is 42.5 Å². The number of hydrogen-bond donors (Lipinski definition) is 3. The molecule has 1 saturated heterocycles. The van der Waals surface area contributed by atoms with Gasteiger partial charge in [-0.25, -0.2) is 8.42 Å². The Kier molecular flexibility index (Phi) is 9.32. The molecule has 3 N–H and O–H groups in total. The molecule has 3 aromatic carbocycles. The molecule has 208 valence electrons. The summed E-state index contributed by atoms with van der Waals surface area (Å²) in [6.07, 6.45) is 1.30. The number of nitrogens with one attached hydrogen (secondary N) is 2. The molecule has 0 spiro atoms. The number of sulfone groups is 1. The number of benzene rings is 3. The van der Waals surface area contributed by atoms with Gasteiger partial charge in [0.05, 0.1) is 24.7 Å². The van der Waals surface area contributed by atoms with Gasteiger partial charge in [-0.05, 0) is 77.1 Å². The highest BCUT2D eigenvalue weighted by Gasteiger charge is 2.46. The first-order valence-electron chi connectivity index (χ1n) is 12.7. The molecule has 1 aliphatic rings. The maximum atomic E-state index is 13.9. The van der Waals surface area contributed by atoms with Crippen molar-refractivity contribution in [3.8, 4) is 22.6 Å². The summed E-state index contributed by atoms with van der Waals surface area (Å²) in [5.74, 6) is 0.303. The second kappa shape index (κ2) is 12.5. The van der Waals surface area contributed by atoms with E-state index in [9.17, 15) is 18.3 Å². The van der Waals surface area contributed by atoms with Crippen molar-refractivity contribution in [2.45, 2.75) is 34.9 Å². The minimum Gasteiger partial charge on any atom is -0.496 e. The Morgan fingerprint density at radius 3 is 2.28 bits per heavy atom. The van der Waals surface area contributed by atoms with Crippen LogP contribution < -0.4 is 20.1 Å². The van der Waals surface area contributed by atoms with E-state index in [1.54, 1.807) is 38.5 Å². The molecule has 0 aromatic heterocycles. The highest BCUT2D eigenvalue weighted by molar-refractivity contribution is 9.10. The number of carboxylic acid groups (broad SMARTS) is 1. The average molecular weight is 618 g/mol. The lowest BCUT2D eigenvalue weighted by molar-refractivity contribution is -0.139. The summed E-state index contributed by atoms with van der Waals surface area (Å²) in [6.45, 7) is 0.974. The zero-order chi connectivity index (χ0) is 28.0. The Hall–Kier alpha value is -2.92. The molecule has 0 saturated carbocycles. The Labute approximate surface area is 237 Å². The van der Waals surface area contributed by atoms with Crippen LogP contribution in [-0.2, 0) is 21.1 Å². The van der Waals surface area contributed by atoms with Gasteiger partial charge in [0.15, 0.2) is 9.84 Å². The Morgan fingerprint density at radius 1 is 1.05 bits per heavy atom. The first kappa shape index (κ1) is 29.1. The van der Waals surface area contributed by atoms with Crippen LogP contribution in [0, 0.1) is 0 Å². The van der Waals surface area contributed by atoms with Gasteiger partial charge in [-0.2, -0.15) is 0 Å². The van der Waals surface area contributed by atoms with E-state index < -0.39 is 26.6 Å². The van der Waals surface area contributed by atoms with Crippen LogP contribution in [-0.4, -0.2) is 64.1 Å². The van der Waals surface area contributed by atoms with Crippen LogP contribution in [0.4, 0.5) is 0 Å². The average Bonchev–Trinajstić information content (AvgIpc) is 2.95. The zero-order valence-electron chi connectivity index (χ0n) is 21.9. The van der Waals surface area contributed by atoms with Gasteiger partial charge >= 0.3 is 5.97 Å². The SMILES string of the molecule is COc1cccc(OC)c1-c1ccc(C[C@H](NCC2(S(=O)(=O)c3ccccc3Br)CCCNC2)C(=O)O)cc1. The molecule has 0 radical (unpaired) electrons. The summed E-state index contributed by atoms with van der Waals surface area (Å²) in [4.78, 5) is 12.5. The van der Waals surface area contributed by atoms with Crippen LogP contribution in [0.5, 0.6) is 11.5 Å². The lowest BCUT2D eigenvalue weighted by atomic mass is 9.96. The minimum absolute atomic E-state index is 0.0110. The van der Waals surface area contributed by atoms with Crippen molar-refractivity contribution in [3.63, 3.8) is 0 Å². The van der Waals surface area contributed by atoms with Crippen molar-refractivity contribution in [2.75, 3.05) is 33.9 Å². The Balaban J connectivity index is 1.55. The predicted octanol–water partition coefficient (Wildman–Crippen LogP) is 4.31. The van der Waals surface area contributed by atoms with Crippen LogP contribution in [0.15, 0.2) is 76.1 Å². The lowest BCUT2D eigenvalue weighted by Crippen LogP contribution is -2.59. The molecule has 1 fully saturated rings. The fourth-order valence-corrected chi connectivity index (χ4v) is 8.00. The first-order chi connectivity index (χ1) is 18.7.